The lowest BCUT2D eigenvalue weighted by Gasteiger charge is -2.17. The summed E-state index contributed by atoms with van der Waals surface area (Å²) in [7, 11) is 0. The van der Waals surface area contributed by atoms with Crippen molar-refractivity contribution in [3.05, 3.63) is 215 Å². The Labute approximate surface area is 307 Å². The molecule has 0 aliphatic heterocycles. The molecule has 0 atom stereocenters. The van der Waals surface area contributed by atoms with Crippen LogP contribution in [-0.2, 0) is 0 Å². The fraction of sp³-hybridized carbons (Fsp3) is 0. The molecule has 0 saturated carbocycles. The van der Waals surface area contributed by atoms with Gasteiger partial charge in [0, 0.05) is 33.4 Å². The molecular weight excluding hydrogens is 693 g/mol. The van der Waals surface area contributed by atoms with Crippen LogP contribution in [0.1, 0.15) is 47.8 Å². The van der Waals surface area contributed by atoms with Crippen LogP contribution in [0.25, 0.3) is 0 Å². The highest BCUT2D eigenvalue weighted by atomic mass is 19.1. The lowest BCUT2D eigenvalue weighted by atomic mass is 10.0. The normalized spacial score (nSPS) is 10.7. The van der Waals surface area contributed by atoms with Crippen LogP contribution in [0.4, 0.5) is 13.2 Å². The molecule has 0 bridgehead atoms. The highest BCUT2D eigenvalue weighted by Gasteiger charge is 2.18. The third-order valence-electron chi connectivity index (χ3n) is 8.29. The van der Waals surface area contributed by atoms with Gasteiger partial charge in [0.1, 0.15) is 34.7 Å². The summed E-state index contributed by atoms with van der Waals surface area (Å²) in [5.74, 6) is -0.436. The third-order valence-corrected chi connectivity index (χ3v) is 8.29. The molecule has 0 aliphatic rings. The number of rotatable bonds is 12. The van der Waals surface area contributed by atoms with Crippen LogP contribution < -0.4 is 14.2 Å². The second-order valence-electron chi connectivity index (χ2n) is 12.0. The van der Waals surface area contributed by atoms with Gasteiger partial charge in [-0.2, -0.15) is 0 Å². The van der Waals surface area contributed by atoms with Crippen LogP contribution in [0.15, 0.2) is 164 Å². The quantitative estimate of drug-likeness (QED) is 0.117. The number of carbonyl (C=O) groups is 3. The summed E-state index contributed by atoms with van der Waals surface area (Å²) in [6.07, 6.45) is 0. The number of ketones is 3. The van der Waals surface area contributed by atoms with E-state index in [0.29, 0.717) is 50.6 Å². The first-order valence-corrected chi connectivity index (χ1v) is 16.6. The van der Waals surface area contributed by atoms with Crippen molar-refractivity contribution in [1.29, 1.82) is 0 Å². The van der Waals surface area contributed by atoms with Gasteiger partial charge in [-0.25, -0.2) is 13.2 Å². The van der Waals surface area contributed by atoms with E-state index >= 15 is 0 Å². The van der Waals surface area contributed by atoms with Crippen molar-refractivity contribution in [3.8, 4) is 34.5 Å². The minimum Gasteiger partial charge on any atom is -0.453 e. The largest absolute Gasteiger partial charge is 0.453 e. The first kappa shape index (κ1) is 35.2. The van der Waals surface area contributed by atoms with E-state index in [1.165, 1.54) is 72.8 Å². The van der Waals surface area contributed by atoms with Crippen LogP contribution in [0.2, 0.25) is 0 Å². The molecule has 0 fully saturated rings. The fourth-order valence-electron chi connectivity index (χ4n) is 5.46. The summed E-state index contributed by atoms with van der Waals surface area (Å²) in [5.41, 5.74) is 2.11. The molecule has 0 saturated heterocycles. The molecule has 0 heterocycles. The van der Waals surface area contributed by atoms with Crippen LogP contribution >= 0.6 is 0 Å². The average Bonchev–Trinajstić information content (AvgIpc) is 3.20. The molecule has 7 rings (SSSR count). The van der Waals surface area contributed by atoms with Crippen LogP contribution in [0.5, 0.6) is 34.5 Å². The number of carbonyl (C=O) groups excluding carboxylic acids is 3. The van der Waals surface area contributed by atoms with E-state index in [4.69, 9.17) is 14.2 Å². The van der Waals surface area contributed by atoms with Crippen molar-refractivity contribution in [2.75, 3.05) is 0 Å². The van der Waals surface area contributed by atoms with Crippen molar-refractivity contribution in [2.24, 2.45) is 0 Å². The van der Waals surface area contributed by atoms with E-state index < -0.39 is 17.5 Å². The molecule has 9 heteroatoms. The van der Waals surface area contributed by atoms with E-state index in [2.05, 4.69) is 0 Å². The zero-order valence-electron chi connectivity index (χ0n) is 28.2. The van der Waals surface area contributed by atoms with Crippen molar-refractivity contribution in [1.82, 2.24) is 0 Å². The zero-order chi connectivity index (χ0) is 37.6. The van der Waals surface area contributed by atoms with Gasteiger partial charge in [-0.1, -0.05) is 6.07 Å². The predicted octanol–water partition coefficient (Wildman–Crippen LogP) is 11.2. The van der Waals surface area contributed by atoms with E-state index in [1.807, 2.05) is 0 Å². The maximum atomic E-state index is 13.4. The lowest BCUT2D eigenvalue weighted by molar-refractivity contribution is 0.103. The summed E-state index contributed by atoms with van der Waals surface area (Å²) >= 11 is 0. The van der Waals surface area contributed by atoms with Crippen molar-refractivity contribution in [2.45, 2.75) is 0 Å². The molecule has 0 aromatic heterocycles. The molecule has 7 aromatic carbocycles. The Kier molecular flexibility index (Phi) is 10.1. The Morgan fingerprint density at radius 1 is 0.315 bits per heavy atom. The summed E-state index contributed by atoms with van der Waals surface area (Å²) in [5, 5.41) is 0. The molecule has 264 valence electrons. The number of hydrogen-bond acceptors (Lipinski definition) is 6. The molecule has 0 spiro atoms. The van der Waals surface area contributed by atoms with Gasteiger partial charge >= 0.3 is 0 Å². The van der Waals surface area contributed by atoms with E-state index in [0.717, 1.165) is 0 Å². The Hall–Kier alpha value is -7.26. The smallest absolute Gasteiger partial charge is 0.212 e. The lowest BCUT2D eigenvalue weighted by Crippen LogP contribution is -2.02. The molecule has 0 unspecified atom stereocenters. The van der Waals surface area contributed by atoms with Crippen molar-refractivity contribution in [3.63, 3.8) is 0 Å². The number of halogens is 3. The maximum Gasteiger partial charge on any atom is 0.212 e. The summed E-state index contributed by atoms with van der Waals surface area (Å²) in [4.78, 5) is 38.9. The number of benzene rings is 7. The molecule has 0 amide bonds. The summed E-state index contributed by atoms with van der Waals surface area (Å²) in [6.45, 7) is 0. The molecule has 54 heavy (non-hydrogen) atoms. The molecule has 0 aliphatic carbocycles. The van der Waals surface area contributed by atoms with Gasteiger partial charge in [0.05, 0.1) is 0 Å². The number of para-hydroxylation sites is 1. The second-order valence-corrected chi connectivity index (χ2v) is 12.0. The maximum absolute atomic E-state index is 13.4. The van der Waals surface area contributed by atoms with E-state index in [9.17, 15) is 27.6 Å². The molecule has 7 aromatic rings. The number of hydrogen-bond donors (Lipinski definition) is 0. The average molecular weight is 721 g/mol. The SMILES string of the molecule is O=C(c1ccc(F)cc1)c1ccc(Oc2cccc(Oc3ccc(C(=O)c4ccc(F)cc4)cc3)c2Oc2ccc(C(=O)c3ccc(F)cc3)cc2)cc1. The van der Waals surface area contributed by atoms with Crippen molar-refractivity contribution >= 4 is 17.3 Å². The monoisotopic (exact) mass is 720 g/mol. The molecule has 6 nitrogen and oxygen atoms in total. The van der Waals surface area contributed by atoms with Crippen molar-refractivity contribution < 1.29 is 41.8 Å². The van der Waals surface area contributed by atoms with Gasteiger partial charge < -0.3 is 14.2 Å². The first-order valence-electron chi connectivity index (χ1n) is 16.6. The second kappa shape index (κ2) is 15.5. The topological polar surface area (TPSA) is 78.9 Å². The summed E-state index contributed by atoms with van der Waals surface area (Å²) < 4.78 is 58.9. The molecular formula is C45H27F3O6. The third kappa shape index (κ3) is 8.11. The van der Waals surface area contributed by atoms with E-state index in [-0.39, 0.29) is 34.6 Å². The highest BCUT2D eigenvalue weighted by molar-refractivity contribution is 6.10. The Morgan fingerprint density at radius 3 is 0.833 bits per heavy atom. The zero-order valence-corrected chi connectivity index (χ0v) is 28.2. The van der Waals surface area contributed by atoms with E-state index in [1.54, 1.807) is 91.0 Å². The van der Waals surface area contributed by atoms with Crippen LogP contribution in [0, 0.1) is 17.5 Å². The number of ether oxygens (including phenoxy) is 3. The van der Waals surface area contributed by atoms with Crippen LogP contribution in [0.3, 0.4) is 0 Å². The Balaban J connectivity index is 1.16. The first-order chi connectivity index (χ1) is 26.2. The Morgan fingerprint density at radius 2 is 0.556 bits per heavy atom. The minimum absolute atomic E-state index is 0.174. The fourth-order valence-corrected chi connectivity index (χ4v) is 5.46. The predicted molar refractivity (Wildman–Crippen MR) is 195 cm³/mol. The standard InChI is InChI=1S/C45H27F3O6/c46-34-16-4-28(5-17-34)42(49)31-10-22-37(23-11-31)52-40-2-1-3-41(53-38-24-12-32(13-25-38)43(50)29-6-18-35(47)19-7-29)45(40)54-39-26-14-33(15-27-39)44(51)30-8-20-36(48)21-9-30/h1-27H. The van der Waals surface area contributed by atoms with Gasteiger partial charge in [-0.3, -0.25) is 14.4 Å². The summed E-state index contributed by atoms with van der Waals surface area (Å²) in [6, 6.07) is 40.0. The van der Waals surface area contributed by atoms with Crippen LogP contribution in [-0.4, -0.2) is 17.3 Å². The van der Waals surface area contributed by atoms with Gasteiger partial charge in [0.25, 0.3) is 0 Å². The van der Waals surface area contributed by atoms with Gasteiger partial charge in [-0.15, -0.1) is 0 Å². The Bertz CT molecular complexity index is 2320. The van der Waals surface area contributed by atoms with Gasteiger partial charge in [-0.05, 0) is 158 Å². The molecule has 0 radical (unpaired) electrons. The minimum atomic E-state index is -0.446. The van der Waals surface area contributed by atoms with Gasteiger partial charge in [0.2, 0.25) is 5.75 Å². The highest BCUT2D eigenvalue weighted by Crippen LogP contribution is 2.44. The molecule has 0 N–H and O–H groups in total. The van der Waals surface area contributed by atoms with Gasteiger partial charge in [0.15, 0.2) is 28.8 Å².